The molecule has 0 amide bonds. The summed E-state index contributed by atoms with van der Waals surface area (Å²) in [6, 6.07) is 3.61. The number of nitrogen functional groups attached to an aromatic ring is 1. The summed E-state index contributed by atoms with van der Waals surface area (Å²) in [6.07, 6.45) is 0. The SMILES string of the molecule is COC(=O)CN(C(C)C)S(=O)(=O)c1ccc(Cl)c(N)c1. The summed E-state index contributed by atoms with van der Waals surface area (Å²) in [7, 11) is -2.65. The van der Waals surface area contributed by atoms with Crippen LogP contribution in [0.3, 0.4) is 0 Å². The Morgan fingerprint density at radius 3 is 2.50 bits per heavy atom. The number of carbonyl (C=O) groups excluding carboxylic acids is 1. The Balaban J connectivity index is 3.22. The number of anilines is 1. The first-order valence-electron chi connectivity index (χ1n) is 5.83. The van der Waals surface area contributed by atoms with Crippen LogP contribution in [0.5, 0.6) is 0 Å². The minimum atomic E-state index is -3.85. The number of halogens is 1. The van der Waals surface area contributed by atoms with Gasteiger partial charge in [-0.1, -0.05) is 11.6 Å². The summed E-state index contributed by atoms with van der Waals surface area (Å²) < 4.78 is 30.6. The lowest BCUT2D eigenvalue weighted by Crippen LogP contribution is -2.41. The molecule has 0 aliphatic rings. The Kier molecular flexibility index (Phi) is 5.38. The van der Waals surface area contributed by atoms with Crippen molar-refractivity contribution in [2.24, 2.45) is 0 Å². The number of nitrogens with zero attached hydrogens (tertiary/aromatic N) is 1. The molecule has 0 heterocycles. The average molecular weight is 321 g/mol. The minimum Gasteiger partial charge on any atom is -0.468 e. The van der Waals surface area contributed by atoms with Crippen LogP contribution in [0.25, 0.3) is 0 Å². The van der Waals surface area contributed by atoms with E-state index in [0.29, 0.717) is 0 Å². The minimum absolute atomic E-state index is 0.0167. The quantitative estimate of drug-likeness (QED) is 0.656. The van der Waals surface area contributed by atoms with Gasteiger partial charge in [-0.05, 0) is 32.0 Å². The van der Waals surface area contributed by atoms with Crippen molar-refractivity contribution in [3.63, 3.8) is 0 Å². The summed E-state index contributed by atoms with van der Waals surface area (Å²) in [5.74, 6) is -0.635. The molecule has 0 aliphatic heterocycles. The van der Waals surface area contributed by atoms with Gasteiger partial charge in [0.2, 0.25) is 10.0 Å². The van der Waals surface area contributed by atoms with Gasteiger partial charge >= 0.3 is 5.97 Å². The predicted octanol–water partition coefficient (Wildman–Crippen LogP) is 1.49. The van der Waals surface area contributed by atoms with Crippen LogP contribution in [0.2, 0.25) is 5.02 Å². The fourth-order valence-corrected chi connectivity index (χ4v) is 3.29. The van der Waals surface area contributed by atoms with Gasteiger partial charge in [0, 0.05) is 6.04 Å². The molecule has 6 nitrogen and oxygen atoms in total. The Morgan fingerprint density at radius 1 is 1.45 bits per heavy atom. The molecule has 0 saturated carbocycles. The third-order valence-electron chi connectivity index (χ3n) is 2.66. The van der Waals surface area contributed by atoms with E-state index in [1.165, 1.54) is 25.3 Å². The highest BCUT2D eigenvalue weighted by molar-refractivity contribution is 7.89. The van der Waals surface area contributed by atoms with Crippen LogP contribution >= 0.6 is 11.6 Å². The third-order valence-corrected chi connectivity index (χ3v) is 5.02. The summed E-state index contributed by atoms with van der Waals surface area (Å²) in [5.41, 5.74) is 5.78. The molecule has 8 heteroatoms. The Labute approximate surface area is 123 Å². The smallest absolute Gasteiger partial charge is 0.321 e. The van der Waals surface area contributed by atoms with Crippen LogP contribution in [-0.2, 0) is 19.6 Å². The molecule has 0 bridgehead atoms. The molecule has 0 fully saturated rings. The van der Waals surface area contributed by atoms with E-state index in [9.17, 15) is 13.2 Å². The van der Waals surface area contributed by atoms with E-state index in [-0.39, 0.29) is 22.2 Å². The summed E-state index contributed by atoms with van der Waals surface area (Å²) in [4.78, 5) is 11.3. The molecule has 1 aromatic rings. The number of rotatable bonds is 5. The lowest BCUT2D eigenvalue weighted by Gasteiger charge is -2.24. The maximum Gasteiger partial charge on any atom is 0.321 e. The van der Waals surface area contributed by atoms with Crippen molar-refractivity contribution in [3.8, 4) is 0 Å². The topological polar surface area (TPSA) is 89.7 Å². The van der Waals surface area contributed by atoms with Crippen molar-refractivity contribution >= 4 is 33.3 Å². The molecule has 112 valence electrons. The zero-order chi connectivity index (χ0) is 15.5. The predicted molar refractivity (Wildman–Crippen MR) is 76.9 cm³/mol. The highest BCUT2D eigenvalue weighted by Crippen LogP contribution is 2.25. The third kappa shape index (κ3) is 3.62. The maximum absolute atomic E-state index is 12.5. The fraction of sp³-hybridized carbons (Fsp3) is 0.417. The molecular formula is C12H17ClN2O4S. The second kappa shape index (κ2) is 6.43. The molecular weight excluding hydrogens is 304 g/mol. The van der Waals surface area contributed by atoms with Crippen LogP contribution in [0.1, 0.15) is 13.8 Å². The van der Waals surface area contributed by atoms with Crippen molar-refractivity contribution in [1.82, 2.24) is 4.31 Å². The molecule has 1 rings (SSSR count). The van der Waals surface area contributed by atoms with Crippen molar-refractivity contribution in [1.29, 1.82) is 0 Å². The van der Waals surface area contributed by atoms with E-state index in [1.807, 2.05) is 0 Å². The van der Waals surface area contributed by atoms with Crippen molar-refractivity contribution in [3.05, 3.63) is 23.2 Å². The van der Waals surface area contributed by atoms with Crippen LogP contribution in [0, 0.1) is 0 Å². The second-order valence-electron chi connectivity index (χ2n) is 4.40. The number of ether oxygens (including phenoxy) is 1. The molecule has 0 aliphatic carbocycles. The summed E-state index contributed by atoms with van der Waals surface area (Å²) >= 11 is 5.77. The molecule has 20 heavy (non-hydrogen) atoms. The number of hydrogen-bond donors (Lipinski definition) is 1. The molecule has 0 atom stereocenters. The standard InChI is InChI=1S/C12H17ClN2O4S/c1-8(2)15(7-12(16)19-3)20(17,18)9-4-5-10(13)11(14)6-9/h4-6,8H,7,14H2,1-3H3. The van der Waals surface area contributed by atoms with Gasteiger partial charge in [0.25, 0.3) is 0 Å². The van der Waals surface area contributed by atoms with E-state index in [4.69, 9.17) is 17.3 Å². The van der Waals surface area contributed by atoms with Gasteiger partial charge in [-0.3, -0.25) is 4.79 Å². The molecule has 0 spiro atoms. The molecule has 0 radical (unpaired) electrons. The molecule has 0 saturated heterocycles. The Hall–Kier alpha value is -1.31. The second-order valence-corrected chi connectivity index (χ2v) is 6.70. The summed E-state index contributed by atoms with van der Waals surface area (Å²) in [5, 5.41) is 0.271. The molecule has 0 unspecified atom stereocenters. The van der Waals surface area contributed by atoms with Gasteiger partial charge in [0.05, 0.1) is 22.7 Å². The van der Waals surface area contributed by atoms with Gasteiger partial charge in [-0.2, -0.15) is 4.31 Å². The van der Waals surface area contributed by atoms with Crippen LogP contribution in [0.4, 0.5) is 5.69 Å². The van der Waals surface area contributed by atoms with E-state index in [2.05, 4.69) is 4.74 Å². The van der Waals surface area contributed by atoms with E-state index in [1.54, 1.807) is 13.8 Å². The number of methoxy groups -OCH3 is 1. The number of hydrogen-bond acceptors (Lipinski definition) is 5. The first kappa shape index (κ1) is 16.7. The molecule has 1 aromatic carbocycles. The molecule has 0 aromatic heterocycles. The van der Waals surface area contributed by atoms with Gasteiger partial charge in [-0.15, -0.1) is 0 Å². The number of carbonyl (C=O) groups is 1. The van der Waals surface area contributed by atoms with Gasteiger partial charge in [0.15, 0.2) is 0 Å². The van der Waals surface area contributed by atoms with E-state index in [0.717, 1.165) is 4.31 Å². The lowest BCUT2D eigenvalue weighted by atomic mass is 10.3. The number of sulfonamides is 1. The average Bonchev–Trinajstić information content (AvgIpc) is 2.37. The van der Waals surface area contributed by atoms with Gasteiger partial charge < -0.3 is 10.5 Å². The molecule has 2 N–H and O–H groups in total. The maximum atomic E-state index is 12.5. The lowest BCUT2D eigenvalue weighted by molar-refractivity contribution is -0.141. The van der Waals surface area contributed by atoms with E-state index >= 15 is 0 Å². The van der Waals surface area contributed by atoms with Crippen molar-refractivity contribution in [2.45, 2.75) is 24.8 Å². The van der Waals surface area contributed by atoms with E-state index < -0.39 is 22.0 Å². The number of nitrogens with two attached hydrogens (primary N) is 1. The van der Waals surface area contributed by atoms with Crippen molar-refractivity contribution < 1.29 is 17.9 Å². The fourth-order valence-electron chi connectivity index (χ4n) is 1.55. The zero-order valence-electron chi connectivity index (χ0n) is 11.5. The normalized spacial score (nSPS) is 11.9. The Bertz CT molecular complexity index is 601. The Morgan fingerprint density at radius 2 is 2.05 bits per heavy atom. The van der Waals surface area contributed by atoms with Gasteiger partial charge in [0.1, 0.15) is 6.54 Å². The van der Waals surface area contributed by atoms with Crippen LogP contribution < -0.4 is 5.73 Å². The largest absolute Gasteiger partial charge is 0.468 e. The summed E-state index contributed by atoms with van der Waals surface area (Å²) in [6.45, 7) is 2.97. The first-order valence-corrected chi connectivity index (χ1v) is 7.65. The van der Waals surface area contributed by atoms with Crippen LogP contribution in [-0.4, -0.2) is 38.4 Å². The zero-order valence-corrected chi connectivity index (χ0v) is 13.0. The number of esters is 1. The van der Waals surface area contributed by atoms with Crippen LogP contribution in [0.15, 0.2) is 23.1 Å². The highest BCUT2D eigenvalue weighted by Gasteiger charge is 2.29. The number of benzene rings is 1. The monoisotopic (exact) mass is 320 g/mol. The van der Waals surface area contributed by atoms with Crippen molar-refractivity contribution in [2.75, 3.05) is 19.4 Å². The van der Waals surface area contributed by atoms with Gasteiger partial charge in [-0.25, -0.2) is 8.42 Å². The highest BCUT2D eigenvalue weighted by atomic mass is 35.5. The first-order chi connectivity index (χ1) is 9.20.